The number of para-hydroxylation sites is 1. The SMILES string of the molecule is COc1ccc(Nc2nc(N)nc3[nH]c4ccccc4c23)cc1. The van der Waals surface area contributed by atoms with Crippen molar-refractivity contribution in [3.63, 3.8) is 0 Å². The third-order valence-electron chi connectivity index (χ3n) is 3.73. The van der Waals surface area contributed by atoms with Gasteiger partial charge in [0.25, 0.3) is 0 Å². The lowest BCUT2D eigenvalue weighted by molar-refractivity contribution is 0.415. The van der Waals surface area contributed by atoms with Crippen LogP contribution >= 0.6 is 0 Å². The quantitative estimate of drug-likeness (QED) is 0.539. The van der Waals surface area contributed by atoms with Crippen molar-refractivity contribution in [2.24, 2.45) is 0 Å². The van der Waals surface area contributed by atoms with Gasteiger partial charge in [-0.25, -0.2) is 0 Å². The highest BCUT2D eigenvalue weighted by atomic mass is 16.5. The van der Waals surface area contributed by atoms with E-state index in [-0.39, 0.29) is 5.95 Å². The van der Waals surface area contributed by atoms with E-state index in [0.29, 0.717) is 5.82 Å². The largest absolute Gasteiger partial charge is 0.497 e. The van der Waals surface area contributed by atoms with Gasteiger partial charge in [0.15, 0.2) is 0 Å². The summed E-state index contributed by atoms with van der Waals surface area (Å²) in [6.07, 6.45) is 0. The van der Waals surface area contributed by atoms with Crippen LogP contribution in [0.5, 0.6) is 5.75 Å². The molecule has 0 bridgehead atoms. The lowest BCUT2D eigenvalue weighted by Gasteiger charge is -2.08. The number of aromatic nitrogens is 3. The van der Waals surface area contributed by atoms with Crippen molar-refractivity contribution in [2.45, 2.75) is 0 Å². The smallest absolute Gasteiger partial charge is 0.224 e. The summed E-state index contributed by atoms with van der Waals surface area (Å²) in [5.74, 6) is 1.70. The van der Waals surface area contributed by atoms with E-state index in [1.165, 1.54) is 0 Å². The Bertz CT molecular complexity index is 991. The van der Waals surface area contributed by atoms with Gasteiger partial charge in [-0.1, -0.05) is 18.2 Å². The number of nitrogens with one attached hydrogen (secondary N) is 2. The summed E-state index contributed by atoms with van der Waals surface area (Å²) in [6.45, 7) is 0. The summed E-state index contributed by atoms with van der Waals surface area (Å²) >= 11 is 0. The summed E-state index contributed by atoms with van der Waals surface area (Å²) in [5.41, 5.74) is 8.46. The summed E-state index contributed by atoms with van der Waals surface area (Å²) in [5, 5.41) is 5.29. The van der Waals surface area contributed by atoms with Gasteiger partial charge in [-0.3, -0.25) is 0 Å². The Labute approximate surface area is 132 Å². The number of nitrogens with zero attached hydrogens (tertiary/aromatic N) is 2. The van der Waals surface area contributed by atoms with Crippen LogP contribution in [0, 0.1) is 0 Å². The molecule has 0 atom stereocenters. The van der Waals surface area contributed by atoms with Crippen LogP contribution in [0.2, 0.25) is 0 Å². The van der Waals surface area contributed by atoms with Gasteiger partial charge >= 0.3 is 0 Å². The predicted molar refractivity (Wildman–Crippen MR) is 92.1 cm³/mol. The molecule has 2 heterocycles. The van der Waals surface area contributed by atoms with Crippen LogP contribution in [0.4, 0.5) is 17.5 Å². The normalized spacial score (nSPS) is 11.0. The Balaban J connectivity index is 1.87. The summed E-state index contributed by atoms with van der Waals surface area (Å²) in [7, 11) is 1.64. The molecule has 6 nitrogen and oxygen atoms in total. The average Bonchev–Trinajstić information content (AvgIpc) is 2.93. The number of fused-ring (bicyclic) bond motifs is 3. The van der Waals surface area contributed by atoms with E-state index < -0.39 is 0 Å². The molecular weight excluding hydrogens is 290 g/mol. The third kappa shape index (κ3) is 2.30. The number of aromatic amines is 1. The molecule has 0 amide bonds. The topological polar surface area (TPSA) is 88.8 Å². The van der Waals surface area contributed by atoms with Gasteiger partial charge in [-0.15, -0.1) is 0 Å². The Kier molecular flexibility index (Phi) is 3.01. The summed E-state index contributed by atoms with van der Waals surface area (Å²) in [4.78, 5) is 11.9. The van der Waals surface area contributed by atoms with Crippen molar-refractivity contribution in [3.05, 3.63) is 48.5 Å². The average molecular weight is 305 g/mol. The lowest BCUT2D eigenvalue weighted by atomic mass is 10.2. The van der Waals surface area contributed by atoms with Crippen molar-refractivity contribution in [1.29, 1.82) is 0 Å². The minimum atomic E-state index is 0.222. The van der Waals surface area contributed by atoms with Crippen molar-refractivity contribution < 1.29 is 4.74 Å². The molecule has 4 N–H and O–H groups in total. The van der Waals surface area contributed by atoms with E-state index in [1.807, 2.05) is 48.5 Å². The molecule has 0 fully saturated rings. The van der Waals surface area contributed by atoms with E-state index >= 15 is 0 Å². The second-order valence-electron chi connectivity index (χ2n) is 5.18. The maximum absolute atomic E-state index is 5.84. The first kappa shape index (κ1) is 13.4. The zero-order valence-corrected chi connectivity index (χ0v) is 12.5. The van der Waals surface area contributed by atoms with Crippen LogP contribution in [0.3, 0.4) is 0 Å². The molecule has 0 aliphatic carbocycles. The highest BCUT2D eigenvalue weighted by molar-refractivity contribution is 6.11. The number of hydrogen-bond acceptors (Lipinski definition) is 5. The van der Waals surface area contributed by atoms with Crippen LogP contribution in [-0.4, -0.2) is 22.1 Å². The number of benzene rings is 2. The highest BCUT2D eigenvalue weighted by Gasteiger charge is 2.12. The van der Waals surface area contributed by atoms with Gasteiger partial charge in [-0.2, -0.15) is 9.97 Å². The number of nitrogen functional groups attached to an aromatic ring is 1. The Morgan fingerprint density at radius 1 is 1.04 bits per heavy atom. The molecule has 0 spiro atoms. The number of rotatable bonds is 3. The molecule has 4 aromatic rings. The van der Waals surface area contributed by atoms with Gasteiger partial charge in [0.1, 0.15) is 17.2 Å². The number of ether oxygens (including phenoxy) is 1. The van der Waals surface area contributed by atoms with Crippen LogP contribution in [0.1, 0.15) is 0 Å². The molecule has 2 aromatic carbocycles. The fraction of sp³-hybridized carbons (Fsp3) is 0.0588. The summed E-state index contributed by atoms with van der Waals surface area (Å²) < 4.78 is 5.18. The molecule has 0 saturated carbocycles. The van der Waals surface area contributed by atoms with E-state index in [1.54, 1.807) is 7.11 Å². The van der Waals surface area contributed by atoms with Gasteiger partial charge in [-0.05, 0) is 30.3 Å². The maximum Gasteiger partial charge on any atom is 0.224 e. The molecule has 0 unspecified atom stereocenters. The number of hydrogen-bond donors (Lipinski definition) is 3. The molecule has 2 aromatic heterocycles. The Hall–Kier alpha value is -3.28. The molecule has 114 valence electrons. The van der Waals surface area contributed by atoms with E-state index in [4.69, 9.17) is 10.5 Å². The Morgan fingerprint density at radius 3 is 2.61 bits per heavy atom. The van der Waals surface area contributed by atoms with Crippen LogP contribution in [0.15, 0.2) is 48.5 Å². The number of methoxy groups -OCH3 is 1. The van der Waals surface area contributed by atoms with Gasteiger partial charge in [0.05, 0.1) is 12.5 Å². The second kappa shape index (κ2) is 5.17. The minimum absolute atomic E-state index is 0.222. The first-order valence-corrected chi connectivity index (χ1v) is 7.19. The maximum atomic E-state index is 5.84. The lowest BCUT2D eigenvalue weighted by Crippen LogP contribution is -2.00. The Morgan fingerprint density at radius 2 is 1.83 bits per heavy atom. The zero-order chi connectivity index (χ0) is 15.8. The molecule has 0 aliphatic heterocycles. The molecule has 4 rings (SSSR count). The molecule has 6 heteroatoms. The summed E-state index contributed by atoms with van der Waals surface area (Å²) in [6, 6.07) is 15.6. The van der Waals surface area contributed by atoms with E-state index in [9.17, 15) is 0 Å². The fourth-order valence-corrected chi connectivity index (χ4v) is 2.66. The van der Waals surface area contributed by atoms with Crippen molar-refractivity contribution in [2.75, 3.05) is 18.2 Å². The predicted octanol–water partition coefficient (Wildman–Crippen LogP) is 3.45. The monoisotopic (exact) mass is 305 g/mol. The van der Waals surface area contributed by atoms with Gasteiger partial charge < -0.3 is 20.8 Å². The van der Waals surface area contributed by atoms with Gasteiger partial charge in [0, 0.05) is 16.6 Å². The zero-order valence-electron chi connectivity index (χ0n) is 12.5. The number of H-pyrrole nitrogens is 1. The van der Waals surface area contributed by atoms with Gasteiger partial charge in [0.2, 0.25) is 5.95 Å². The van der Waals surface area contributed by atoms with Crippen molar-refractivity contribution in [3.8, 4) is 5.75 Å². The minimum Gasteiger partial charge on any atom is -0.497 e. The highest BCUT2D eigenvalue weighted by Crippen LogP contribution is 2.31. The fourth-order valence-electron chi connectivity index (χ4n) is 2.66. The van der Waals surface area contributed by atoms with Crippen molar-refractivity contribution >= 4 is 39.4 Å². The number of anilines is 3. The van der Waals surface area contributed by atoms with E-state index in [2.05, 4.69) is 20.3 Å². The van der Waals surface area contributed by atoms with E-state index in [0.717, 1.165) is 33.4 Å². The molecule has 0 saturated heterocycles. The van der Waals surface area contributed by atoms with Crippen LogP contribution in [-0.2, 0) is 0 Å². The first-order valence-electron chi connectivity index (χ1n) is 7.19. The molecule has 23 heavy (non-hydrogen) atoms. The molecule has 0 aliphatic rings. The molecule has 0 radical (unpaired) electrons. The molecular formula is C17H15N5O. The third-order valence-corrected chi connectivity index (χ3v) is 3.73. The van der Waals surface area contributed by atoms with Crippen molar-refractivity contribution in [1.82, 2.24) is 15.0 Å². The second-order valence-corrected chi connectivity index (χ2v) is 5.18. The standard InChI is InChI=1S/C17H15N5O/c1-23-11-8-6-10(7-9-11)19-15-14-12-4-2-3-5-13(12)20-16(14)22-17(18)21-15/h2-9H,1H3,(H4,18,19,20,21,22). The van der Waals surface area contributed by atoms with Crippen LogP contribution < -0.4 is 15.8 Å². The van der Waals surface area contributed by atoms with Crippen LogP contribution in [0.25, 0.3) is 21.9 Å². The first-order chi connectivity index (χ1) is 11.2. The number of nitrogens with two attached hydrogens (primary N) is 1.